The average molecular weight is 158 g/mol. The lowest BCUT2D eigenvalue weighted by Crippen LogP contribution is -2.11. The Bertz CT molecular complexity index is 121. The van der Waals surface area contributed by atoms with E-state index in [9.17, 15) is 4.79 Å². The number of rotatable bonds is 5. The van der Waals surface area contributed by atoms with Crippen molar-refractivity contribution in [2.75, 3.05) is 7.11 Å². The monoisotopic (exact) mass is 158 g/mol. The van der Waals surface area contributed by atoms with E-state index in [2.05, 4.69) is 0 Å². The fourth-order valence-corrected chi connectivity index (χ4v) is 0.806. The summed E-state index contributed by atoms with van der Waals surface area (Å²) in [4.78, 5) is 10.8. The number of Topliss-reactive ketones (excluding diaryl/α,β-unsaturated/α-hetero) is 1. The summed E-state index contributed by atoms with van der Waals surface area (Å²) in [5.41, 5.74) is 0. The van der Waals surface area contributed by atoms with E-state index in [-0.39, 0.29) is 17.8 Å². The topological polar surface area (TPSA) is 26.3 Å². The average Bonchev–Trinajstić information content (AvgIpc) is 1.99. The van der Waals surface area contributed by atoms with Crippen molar-refractivity contribution in [1.29, 1.82) is 0 Å². The Hall–Kier alpha value is -0.370. The molecule has 0 aromatic rings. The molecule has 2 heteroatoms. The second-order valence-corrected chi connectivity index (χ2v) is 3.14. The van der Waals surface area contributed by atoms with E-state index in [1.54, 1.807) is 14.0 Å². The normalized spacial score (nSPS) is 16.0. The second-order valence-electron chi connectivity index (χ2n) is 3.14. The Kier molecular flexibility index (Phi) is 5.12. The van der Waals surface area contributed by atoms with Crippen LogP contribution >= 0.6 is 0 Å². The highest BCUT2D eigenvalue weighted by Crippen LogP contribution is 2.09. The molecule has 0 aromatic heterocycles. The molecule has 0 radical (unpaired) electrons. The van der Waals surface area contributed by atoms with E-state index >= 15 is 0 Å². The Balaban J connectivity index is 3.45. The quantitative estimate of drug-likeness (QED) is 0.612. The van der Waals surface area contributed by atoms with Gasteiger partial charge in [0, 0.05) is 13.0 Å². The zero-order valence-electron chi connectivity index (χ0n) is 7.89. The largest absolute Gasteiger partial charge is 0.382 e. The van der Waals surface area contributed by atoms with E-state index in [1.807, 2.05) is 13.8 Å². The van der Waals surface area contributed by atoms with Crippen molar-refractivity contribution in [3.05, 3.63) is 0 Å². The van der Waals surface area contributed by atoms with Gasteiger partial charge in [-0.05, 0) is 26.7 Å². The van der Waals surface area contributed by atoms with Crippen LogP contribution in [0.1, 0.15) is 33.6 Å². The first-order chi connectivity index (χ1) is 5.07. The van der Waals surface area contributed by atoms with Gasteiger partial charge >= 0.3 is 0 Å². The van der Waals surface area contributed by atoms with E-state index < -0.39 is 0 Å². The van der Waals surface area contributed by atoms with Gasteiger partial charge in [0.15, 0.2) is 0 Å². The van der Waals surface area contributed by atoms with Gasteiger partial charge in [-0.3, -0.25) is 4.79 Å². The Labute approximate surface area is 68.9 Å². The second kappa shape index (κ2) is 5.30. The molecule has 0 spiro atoms. The molecule has 0 amide bonds. The summed E-state index contributed by atoms with van der Waals surface area (Å²) in [6.45, 7) is 5.62. The lowest BCUT2D eigenvalue weighted by Gasteiger charge is -2.11. The molecule has 0 bridgehead atoms. The maximum absolute atomic E-state index is 10.8. The van der Waals surface area contributed by atoms with Crippen molar-refractivity contribution in [3.8, 4) is 0 Å². The third kappa shape index (κ3) is 4.96. The minimum absolute atomic E-state index is 0.188. The van der Waals surface area contributed by atoms with Crippen LogP contribution in [0.15, 0.2) is 0 Å². The third-order valence-electron chi connectivity index (χ3n) is 2.10. The maximum atomic E-state index is 10.8. The summed E-state index contributed by atoms with van der Waals surface area (Å²) in [5.74, 6) is 0.459. The molecule has 0 heterocycles. The van der Waals surface area contributed by atoms with E-state index in [0.29, 0.717) is 0 Å². The van der Waals surface area contributed by atoms with Crippen LogP contribution in [0, 0.1) is 5.92 Å². The number of ketones is 1. The van der Waals surface area contributed by atoms with Crippen LogP contribution in [-0.4, -0.2) is 19.0 Å². The van der Waals surface area contributed by atoms with Gasteiger partial charge in [0.1, 0.15) is 5.78 Å². The molecule has 2 nitrogen and oxygen atoms in total. The van der Waals surface area contributed by atoms with Gasteiger partial charge in [-0.15, -0.1) is 0 Å². The Morgan fingerprint density at radius 3 is 2.27 bits per heavy atom. The maximum Gasteiger partial charge on any atom is 0.132 e. The van der Waals surface area contributed by atoms with Gasteiger partial charge in [0.2, 0.25) is 0 Å². The zero-order valence-corrected chi connectivity index (χ0v) is 7.89. The van der Waals surface area contributed by atoms with Crippen molar-refractivity contribution in [1.82, 2.24) is 0 Å². The number of hydrogen-bond donors (Lipinski definition) is 0. The lowest BCUT2D eigenvalue weighted by molar-refractivity contribution is -0.120. The van der Waals surface area contributed by atoms with Crippen molar-refractivity contribution in [2.24, 2.45) is 5.92 Å². The van der Waals surface area contributed by atoms with Crippen molar-refractivity contribution < 1.29 is 9.53 Å². The molecular weight excluding hydrogens is 140 g/mol. The molecule has 0 rings (SSSR count). The van der Waals surface area contributed by atoms with Gasteiger partial charge in [-0.2, -0.15) is 0 Å². The van der Waals surface area contributed by atoms with Crippen LogP contribution in [-0.2, 0) is 9.53 Å². The number of ether oxygens (including phenoxy) is 1. The molecule has 66 valence electrons. The summed E-state index contributed by atoms with van der Waals surface area (Å²) in [7, 11) is 1.70. The van der Waals surface area contributed by atoms with Crippen LogP contribution in [0.3, 0.4) is 0 Å². The van der Waals surface area contributed by atoms with Crippen LogP contribution in [0.2, 0.25) is 0 Å². The highest BCUT2D eigenvalue weighted by atomic mass is 16.5. The molecular formula is C9H18O2. The van der Waals surface area contributed by atoms with Gasteiger partial charge in [0.25, 0.3) is 0 Å². The Morgan fingerprint density at radius 1 is 1.36 bits per heavy atom. The summed E-state index contributed by atoms with van der Waals surface area (Å²) in [6, 6.07) is 0. The first-order valence-corrected chi connectivity index (χ1v) is 4.11. The van der Waals surface area contributed by atoms with E-state index in [4.69, 9.17) is 4.74 Å². The summed E-state index contributed by atoms with van der Waals surface area (Å²) in [5, 5.41) is 0. The smallest absolute Gasteiger partial charge is 0.132 e. The molecule has 0 aromatic carbocycles. The number of hydrogen-bond acceptors (Lipinski definition) is 2. The van der Waals surface area contributed by atoms with Crippen LogP contribution in [0.25, 0.3) is 0 Å². The van der Waals surface area contributed by atoms with E-state index in [0.717, 1.165) is 12.8 Å². The highest BCUT2D eigenvalue weighted by molar-refractivity contribution is 5.77. The summed E-state index contributed by atoms with van der Waals surface area (Å²) >= 11 is 0. The third-order valence-corrected chi connectivity index (χ3v) is 2.10. The number of methoxy groups -OCH3 is 1. The first-order valence-electron chi connectivity index (χ1n) is 4.11. The lowest BCUT2D eigenvalue weighted by atomic mass is 10.00. The molecule has 0 saturated carbocycles. The van der Waals surface area contributed by atoms with Gasteiger partial charge in [-0.1, -0.05) is 6.92 Å². The van der Waals surface area contributed by atoms with Crippen molar-refractivity contribution in [3.63, 3.8) is 0 Å². The zero-order chi connectivity index (χ0) is 8.85. The molecule has 2 unspecified atom stereocenters. The SMILES string of the molecule is COC(C)CCC(C)C(C)=O. The van der Waals surface area contributed by atoms with E-state index in [1.165, 1.54) is 0 Å². The molecule has 2 atom stereocenters. The molecule has 0 aliphatic carbocycles. The molecule has 0 saturated heterocycles. The number of carbonyl (C=O) groups is 1. The first kappa shape index (κ1) is 10.6. The predicted octanol–water partition coefficient (Wildman–Crippen LogP) is 2.03. The van der Waals surface area contributed by atoms with Crippen LogP contribution in [0.5, 0.6) is 0 Å². The summed E-state index contributed by atoms with van der Waals surface area (Å²) < 4.78 is 5.07. The minimum Gasteiger partial charge on any atom is -0.382 e. The molecule has 0 N–H and O–H groups in total. The molecule has 0 aliphatic rings. The fraction of sp³-hybridized carbons (Fsp3) is 0.889. The Morgan fingerprint density at radius 2 is 1.91 bits per heavy atom. The van der Waals surface area contributed by atoms with Crippen molar-refractivity contribution in [2.45, 2.75) is 39.7 Å². The van der Waals surface area contributed by atoms with Crippen LogP contribution < -0.4 is 0 Å². The van der Waals surface area contributed by atoms with Crippen LogP contribution in [0.4, 0.5) is 0 Å². The predicted molar refractivity (Wildman–Crippen MR) is 45.6 cm³/mol. The van der Waals surface area contributed by atoms with Gasteiger partial charge in [-0.25, -0.2) is 0 Å². The highest BCUT2D eigenvalue weighted by Gasteiger charge is 2.08. The fourth-order valence-electron chi connectivity index (χ4n) is 0.806. The summed E-state index contributed by atoms with van der Waals surface area (Å²) in [6.07, 6.45) is 2.18. The number of carbonyl (C=O) groups excluding carboxylic acids is 1. The standard InChI is InChI=1S/C9H18O2/c1-7(9(3)10)5-6-8(2)11-4/h7-8H,5-6H2,1-4H3. The molecule has 11 heavy (non-hydrogen) atoms. The minimum atomic E-state index is 0.188. The molecule has 0 aliphatic heterocycles. The molecule has 0 fully saturated rings. The van der Waals surface area contributed by atoms with Gasteiger partial charge in [0.05, 0.1) is 6.10 Å². The van der Waals surface area contributed by atoms with Crippen molar-refractivity contribution >= 4 is 5.78 Å². The van der Waals surface area contributed by atoms with Gasteiger partial charge < -0.3 is 4.74 Å².